The van der Waals surface area contributed by atoms with Crippen LogP contribution >= 0.6 is 22.9 Å². The molecular weight excluding hydrogens is 370 g/mol. The fourth-order valence-corrected chi connectivity index (χ4v) is 3.52. The highest BCUT2D eigenvalue weighted by Gasteiger charge is 2.20. The zero-order valence-corrected chi connectivity index (χ0v) is 15.4. The summed E-state index contributed by atoms with van der Waals surface area (Å²) >= 11 is 7.20. The summed E-state index contributed by atoms with van der Waals surface area (Å²) in [6.45, 7) is 0.628. The molecule has 0 amide bonds. The topological polar surface area (TPSA) is 57.0 Å². The SMILES string of the molecule is COc1ccc2c(c1)c(C(=O)c1nncs1)cn2Cc1ccc(Cl)cc1. The van der Waals surface area contributed by atoms with Crippen LogP contribution in [-0.2, 0) is 6.54 Å². The highest BCUT2D eigenvalue weighted by molar-refractivity contribution is 7.11. The predicted octanol–water partition coefficient (Wildman–Crippen LogP) is 4.43. The lowest BCUT2D eigenvalue weighted by Crippen LogP contribution is -2.01. The van der Waals surface area contributed by atoms with Gasteiger partial charge in [-0.25, -0.2) is 0 Å². The van der Waals surface area contributed by atoms with E-state index in [1.165, 1.54) is 11.3 Å². The number of carbonyl (C=O) groups is 1. The first-order valence-corrected chi connectivity index (χ1v) is 9.13. The molecule has 0 bridgehead atoms. The number of ketones is 1. The van der Waals surface area contributed by atoms with Crippen LogP contribution in [0.1, 0.15) is 20.9 Å². The molecule has 7 heteroatoms. The fraction of sp³-hybridized carbons (Fsp3) is 0.105. The molecule has 2 heterocycles. The molecule has 0 saturated heterocycles. The van der Waals surface area contributed by atoms with Crippen molar-refractivity contribution >= 4 is 39.6 Å². The Morgan fingerprint density at radius 2 is 2.04 bits per heavy atom. The van der Waals surface area contributed by atoms with E-state index in [4.69, 9.17) is 16.3 Å². The molecule has 5 nitrogen and oxygen atoms in total. The van der Waals surface area contributed by atoms with E-state index >= 15 is 0 Å². The fourth-order valence-electron chi connectivity index (χ4n) is 2.89. The highest BCUT2D eigenvalue weighted by atomic mass is 35.5. The number of nitrogens with zero attached hydrogens (tertiary/aromatic N) is 3. The molecule has 4 aromatic rings. The Bertz CT molecular complexity index is 1070. The van der Waals surface area contributed by atoms with Crippen molar-refractivity contribution in [3.63, 3.8) is 0 Å². The van der Waals surface area contributed by atoms with Crippen LogP contribution in [0.15, 0.2) is 54.2 Å². The van der Waals surface area contributed by atoms with E-state index in [0.29, 0.717) is 27.9 Å². The highest BCUT2D eigenvalue weighted by Crippen LogP contribution is 2.29. The molecule has 130 valence electrons. The number of carbonyl (C=O) groups excluding carboxylic acids is 1. The largest absolute Gasteiger partial charge is 0.497 e. The predicted molar refractivity (Wildman–Crippen MR) is 102 cm³/mol. The molecule has 4 rings (SSSR count). The van der Waals surface area contributed by atoms with Crippen LogP contribution in [-0.4, -0.2) is 27.7 Å². The van der Waals surface area contributed by atoms with Crippen molar-refractivity contribution in [3.8, 4) is 5.75 Å². The van der Waals surface area contributed by atoms with E-state index in [1.807, 2.05) is 53.2 Å². The third kappa shape index (κ3) is 3.09. The van der Waals surface area contributed by atoms with Crippen molar-refractivity contribution in [2.24, 2.45) is 0 Å². The maximum absolute atomic E-state index is 12.9. The van der Waals surface area contributed by atoms with E-state index < -0.39 is 0 Å². The minimum absolute atomic E-state index is 0.138. The lowest BCUT2D eigenvalue weighted by Gasteiger charge is -2.06. The summed E-state index contributed by atoms with van der Waals surface area (Å²) in [6.07, 6.45) is 1.86. The molecule has 0 fully saturated rings. The van der Waals surface area contributed by atoms with Crippen molar-refractivity contribution in [2.45, 2.75) is 6.54 Å². The summed E-state index contributed by atoms with van der Waals surface area (Å²) in [5.74, 6) is 0.564. The number of aromatic nitrogens is 3. The second-order valence-corrected chi connectivity index (χ2v) is 7.02. The summed E-state index contributed by atoms with van der Waals surface area (Å²) in [6, 6.07) is 13.4. The van der Waals surface area contributed by atoms with E-state index in [2.05, 4.69) is 10.2 Å². The molecule has 0 N–H and O–H groups in total. The average molecular weight is 384 g/mol. The van der Waals surface area contributed by atoms with Crippen molar-refractivity contribution in [1.82, 2.24) is 14.8 Å². The maximum atomic E-state index is 12.9. The molecule has 2 aromatic heterocycles. The zero-order valence-electron chi connectivity index (χ0n) is 13.8. The van der Waals surface area contributed by atoms with Crippen molar-refractivity contribution in [3.05, 3.63) is 75.3 Å². The van der Waals surface area contributed by atoms with Gasteiger partial charge in [-0.15, -0.1) is 10.2 Å². The van der Waals surface area contributed by atoms with Gasteiger partial charge < -0.3 is 9.30 Å². The second-order valence-electron chi connectivity index (χ2n) is 5.75. The summed E-state index contributed by atoms with van der Waals surface area (Å²) in [5, 5.41) is 9.58. The molecule has 2 aromatic carbocycles. The second kappa shape index (κ2) is 6.90. The molecule has 0 aliphatic rings. The van der Waals surface area contributed by atoms with Gasteiger partial charge >= 0.3 is 0 Å². The van der Waals surface area contributed by atoms with Crippen LogP contribution in [0.5, 0.6) is 5.75 Å². The molecule has 26 heavy (non-hydrogen) atoms. The first kappa shape index (κ1) is 16.8. The summed E-state index contributed by atoms with van der Waals surface area (Å²) in [5.41, 5.74) is 4.19. The minimum Gasteiger partial charge on any atom is -0.497 e. The Labute approximate surface area is 158 Å². The minimum atomic E-state index is -0.138. The molecule has 0 atom stereocenters. The molecule has 0 radical (unpaired) electrons. The standard InChI is InChI=1S/C19H14ClN3O2S/c1-25-14-6-7-17-15(8-14)16(18(24)19-22-21-11-26-19)10-23(17)9-12-2-4-13(20)5-3-12/h2-8,10-11H,9H2,1H3. The number of fused-ring (bicyclic) bond motifs is 1. The van der Waals surface area contributed by atoms with Gasteiger partial charge in [-0.05, 0) is 35.9 Å². The van der Waals surface area contributed by atoms with Crippen LogP contribution < -0.4 is 4.74 Å². The quantitative estimate of drug-likeness (QED) is 0.478. The first-order chi connectivity index (χ1) is 12.7. The monoisotopic (exact) mass is 383 g/mol. The Hall–Kier alpha value is -2.70. The lowest BCUT2D eigenvalue weighted by atomic mass is 10.1. The zero-order chi connectivity index (χ0) is 18.1. The smallest absolute Gasteiger partial charge is 0.225 e. The Morgan fingerprint density at radius 1 is 1.23 bits per heavy atom. The molecule has 0 saturated carbocycles. The van der Waals surface area contributed by atoms with Crippen LogP contribution in [0, 0.1) is 0 Å². The summed E-state index contributed by atoms with van der Waals surface area (Å²) in [4.78, 5) is 12.9. The van der Waals surface area contributed by atoms with Gasteiger partial charge in [0.1, 0.15) is 11.3 Å². The third-order valence-electron chi connectivity index (χ3n) is 4.15. The number of methoxy groups -OCH3 is 1. The van der Waals surface area contributed by atoms with Crippen LogP contribution in [0.2, 0.25) is 5.02 Å². The van der Waals surface area contributed by atoms with Gasteiger partial charge in [-0.2, -0.15) is 0 Å². The number of hydrogen-bond acceptors (Lipinski definition) is 5. The third-order valence-corrected chi connectivity index (χ3v) is 5.10. The van der Waals surface area contributed by atoms with Gasteiger partial charge in [0.2, 0.25) is 5.78 Å². The summed E-state index contributed by atoms with van der Waals surface area (Å²) < 4.78 is 7.38. The van der Waals surface area contributed by atoms with Crippen LogP contribution in [0.4, 0.5) is 0 Å². The number of benzene rings is 2. The lowest BCUT2D eigenvalue weighted by molar-refractivity contribution is 0.103. The molecular formula is C19H14ClN3O2S. The average Bonchev–Trinajstić information content (AvgIpc) is 3.31. The number of hydrogen-bond donors (Lipinski definition) is 0. The van der Waals surface area contributed by atoms with Crippen LogP contribution in [0.25, 0.3) is 10.9 Å². The van der Waals surface area contributed by atoms with Gasteiger partial charge in [-0.3, -0.25) is 4.79 Å². The van der Waals surface area contributed by atoms with Gasteiger partial charge in [0, 0.05) is 28.7 Å². The number of rotatable bonds is 5. The van der Waals surface area contributed by atoms with Gasteiger partial charge in [-0.1, -0.05) is 35.1 Å². The normalized spacial score (nSPS) is 11.0. The molecule has 0 aliphatic heterocycles. The van der Waals surface area contributed by atoms with Crippen LogP contribution in [0.3, 0.4) is 0 Å². The van der Waals surface area contributed by atoms with Crippen molar-refractivity contribution in [2.75, 3.05) is 7.11 Å². The van der Waals surface area contributed by atoms with E-state index in [-0.39, 0.29) is 5.78 Å². The van der Waals surface area contributed by atoms with Gasteiger partial charge in [0.15, 0.2) is 5.01 Å². The van der Waals surface area contributed by atoms with Crippen molar-refractivity contribution < 1.29 is 9.53 Å². The van der Waals surface area contributed by atoms with Gasteiger partial charge in [0.25, 0.3) is 0 Å². The van der Waals surface area contributed by atoms with Crippen molar-refractivity contribution in [1.29, 1.82) is 0 Å². The molecule has 0 aliphatic carbocycles. The van der Waals surface area contributed by atoms with E-state index in [0.717, 1.165) is 16.5 Å². The Kier molecular flexibility index (Phi) is 4.44. The molecule has 0 spiro atoms. The Balaban J connectivity index is 1.83. The number of ether oxygens (including phenoxy) is 1. The summed E-state index contributed by atoms with van der Waals surface area (Å²) in [7, 11) is 1.61. The van der Waals surface area contributed by atoms with E-state index in [1.54, 1.807) is 12.6 Å². The number of halogens is 1. The first-order valence-electron chi connectivity index (χ1n) is 7.88. The van der Waals surface area contributed by atoms with E-state index in [9.17, 15) is 4.79 Å². The van der Waals surface area contributed by atoms with Gasteiger partial charge in [0.05, 0.1) is 12.7 Å². The maximum Gasteiger partial charge on any atom is 0.225 e. The Morgan fingerprint density at radius 3 is 2.73 bits per heavy atom. The molecule has 0 unspecified atom stereocenters.